The Labute approximate surface area is 156 Å². The first-order valence-corrected chi connectivity index (χ1v) is 8.30. The van der Waals surface area contributed by atoms with Crippen molar-refractivity contribution in [3.05, 3.63) is 60.3 Å². The molecule has 0 spiro atoms. The average Bonchev–Trinajstić information content (AvgIpc) is 3.16. The van der Waals surface area contributed by atoms with Crippen LogP contribution in [0.1, 0.15) is 5.56 Å². The quantitative estimate of drug-likeness (QED) is 0.593. The van der Waals surface area contributed by atoms with Gasteiger partial charge in [0.1, 0.15) is 0 Å². The first-order valence-electron chi connectivity index (χ1n) is 8.30. The highest BCUT2D eigenvalue weighted by Gasteiger charge is 2.11. The van der Waals surface area contributed by atoms with Gasteiger partial charge in [0, 0.05) is 22.7 Å². The summed E-state index contributed by atoms with van der Waals surface area (Å²) in [5, 5.41) is 10.0. The number of nitriles is 1. The van der Waals surface area contributed by atoms with E-state index in [2.05, 4.69) is 21.0 Å². The highest BCUT2D eigenvalue weighted by molar-refractivity contribution is 5.86. The van der Waals surface area contributed by atoms with Crippen molar-refractivity contribution in [2.75, 3.05) is 14.2 Å². The number of aromatic amines is 1. The summed E-state index contributed by atoms with van der Waals surface area (Å²) < 4.78 is 10.7. The van der Waals surface area contributed by atoms with Gasteiger partial charge in [-0.15, -0.1) is 0 Å². The molecule has 0 saturated carbocycles. The lowest BCUT2D eigenvalue weighted by atomic mass is 10.1. The number of hydrogen-bond acceptors (Lipinski definition) is 5. The predicted molar refractivity (Wildman–Crippen MR) is 103 cm³/mol. The highest BCUT2D eigenvalue weighted by Crippen LogP contribution is 2.32. The molecule has 0 aliphatic heterocycles. The average molecular weight is 356 g/mol. The van der Waals surface area contributed by atoms with Crippen molar-refractivity contribution in [2.45, 2.75) is 0 Å². The monoisotopic (exact) mass is 356 g/mol. The molecule has 0 radical (unpaired) electrons. The topological polar surface area (TPSA) is 83.8 Å². The largest absolute Gasteiger partial charge is 0.493 e. The van der Waals surface area contributed by atoms with E-state index in [1.54, 1.807) is 26.5 Å². The van der Waals surface area contributed by atoms with Gasteiger partial charge in [0.05, 0.1) is 37.2 Å². The molecule has 132 valence electrons. The van der Waals surface area contributed by atoms with Gasteiger partial charge in [0.25, 0.3) is 0 Å². The van der Waals surface area contributed by atoms with Crippen LogP contribution in [0, 0.1) is 11.3 Å². The Morgan fingerprint density at radius 1 is 0.963 bits per heavy atom. The molecule has 6 nitrogen and oxygen atoms in total. The molecule has 0 bridgehead atoms. The number of hydrogen-bond donors (Lipinski definition) is 1. The number of nitrogens with one attached hydrogen (secondary N) is 1. The van der Waals surface area contributed by atoms with Gasteiger partial charge in [0.15, 0.2) is 17.3 Å². The van der Waals surface area contributed by atoms with Gasteiger partial charge in [-0.05, 0) is 48.5 Å². The Morgan fingerprint density at radius 2 is 1.81 bits per heavy atom. The van der Waals surface area contributed by atoms with E-state index < -0.39 is 0 Å². The minimum absolute atomic E-state index is 0.581. The Morgan fingerprint density at radius 3 is 2.59 bits per heavy atom. The van der Waals surface area contributed by atoms with Gasteiger partial charge in [-0.25, -0.2) is 9.97 Å². The zero-order valence-electron chi connectivity index (χ0n) is 14.9. The van der Waals surface area contributed by atoms with E-state index in [9.17, 15) is 0 Å². The summed E-state index contributed by atoms with van der Waals surface area (Å²) in [6.45, 7) is 0. The summed E-state index contributed by atoms with van der Waals surface area (Å²) in [6, 6.07) is 17.1. The molecule has 4 aromatic rings. The zero-order chi connectivity index (χ0) is 18.8. The van der Waals surface area contributed by atoms with Crippen molar-refractivity contribution >= 4 is 10.9 Å². The Hall–Kier alpha value is -3.85. The minimum Gasteiger partial charge on any atom is -0.493 e. The van der Waals surface area contributed by atoms with E-state index in [-0.39, 0.29) is 0 Å². The van der Waals surface area contributed by atoms with Crippen LogP contribution < -0.4 is 9.47 Å². The van der Waals surface area contributed by atoms with E-state index >= 15 is 0 Å². The second-order valence-corrected chi connectivity index (χ2v) is 5.93. The predicted octanol–water partition coefficient (Wildman–Crippen LogP) is 4.18. The molecule has 0 unspecified atom stereocenters. The molecule has 4 rings (SSSR count). The third-order valence-electron chi connectivity index (χ3n) is 4.33. The number of aromatic nitrogens is 3. The molecular weight excluding hydrogens is 340 g/mol. The molecule has 2 aromatic heterocycles. The number of H-pyrrole nitrogens is 1. The SMILES string of the molecule is COc1ccc(-c2ccnc(-c3cc4cc(C#N)ccc4[nH]3)n2)cc1OC. The second-order valence-electron chi connectivity index (χ2n) is 5.93. The highest BCUT2D eigenvalue weighted by atomic mass is 16.5. The van der Waals surface area contributed by atoms with Crippen molar-refractivity contribution in [1.82, 2.24) is 15.0 Å². The summed E-state index contributed by atoms with van der Waals surface area (Å²) in [5.74, 6) is 1.89. The summed E-state index contributed by atoms with van der Waals surface area (Å²) in [6.07, 6.45) is 1.72. The van der Waals surface area contributed by atoms with E-state index in [4.69, 9.17) is 14.7 Å². The van der Waals surface area contributed by atoms with Crippen LogP contribution in [-0.4, -0.2) is 29.2 Å². The fraction of sp³-hybridized carbons (Fsp3) is 0.0952. The van der Waals surface area contributed by atoms with Gasteiger partial charge in [-0.3, -0.25) is 0 Å². The molecule has 0 saturated heterocycles. The zero-order valence-corrected chi connectivity index (χ0v) is 14.9. The molecule has 6 heteroatoms. The van der Waals surface area contributed by atoms with Crippen LogP contribution in [0.5, 0.6) is 11.5 Å². The molecule has 0 atom stereocenters. The third kappa shape index (κ3) is 3.07. The number of methoxy groups -OCH3 is 2. The summed E-state index contributed by atoms with van der Waals surface area (Å²) in [7, 11) is 3.21. The fourth-order valence-corrected chi connectivity index (χ4v) is 2.97. The van der Waals surface area contributed by atoms with Crippen molar-refractivity contribution in [2.24, 2.45) is 0 Å². The molecule has 1 N–H and O–H groups in total. The lowest BCUT2D eigenvalue weighted by Crippen LogP contribution is -1.94. The lowest BCUT2D eigenvalue weighted by Gasteiger charge is -2.09. The van der Waals surface area contributed by atoms with Gasteiger partial charge < -0.3 is 14.5 Å². The van der Waals surface area contributed by atoms with Crippen LogP contribution >= 0.6 is 0 Å². The van der Waals surface area contributed by atoms with E-state index in [0.29, 0.717) is 22.9 Å². The van der Waals surface area contributed by atoms with Crippen LogP contribution in [0.4, 0.5) is 0 Å². The number of nitrogens with zero attached hydrogens (tertiary/aromatic N) is 3. The molecule has 27 heavy (non-hydrogen) atoms. The molecule has 0 fully saturated rings. The van der Waals surface area contributed by atoms with Crippen molar-refractivity contribution in [3.8, 4) is 40.3 Å². The molecule has 2 heterocycles. The van der Waals surface area contributed by atoms with Crippen LogP contribution in [0.3, 0.4) is 0 Å². The summed E-state index contributed by atoms with van der Waals surface area (Å²) in [4.78, 5) is 12.4. The fourth-order valence-electron chi connectivity index (χ4n) is 2.97. The maximum atomic E-state index is 9.06. The maximum absolute atomic E-state index is 9.06. The minimum atomic E-state index is 0.581. The molecule has 0 aliphatic carbocycles. The first kappa shape index (κ1) is 16.6. The molecular formula is C21H16N4O2. The maximum Gasteiger partial charge on any atom is 0.176 e. The third-order valence-corrected chi connectivity index (χ3v) is 4.33. The van der Waals surface area contributed by atoms with Crippen molar-refractivity contribution in [3.63, 3.8) is 0 Å². The van der Waals surface area contributed by atoms with Crippen molar-refractivity contribution < 1.29 is 9.47 Å². The van der Waals surface area contributed by atoms with Crippen LogP contribution in [-0.2, 0) is 0 Å². The van der Waals surface area contributed by atoms with Gasteiger partial charge in [-0.1, -0.05) is 0 Å². The number of ether oxygens (including phenoxy) is 2. The lowest BCUT2D eigenvalue weighted by molar-refractivity contribution is 0.355. The Kier molecular flexibility index (Phi) is 4.19. The van der Waals surface area contributed by atoms with E-state index in [0.717, 1.165) is 27.9 Å². The Bertz CT molecular complexity index is 1170. The Balaban J connectivity index is 1.76. The number of benzene rings is 2. The molecule has 0 aliphatic rings. The van der Waals surface area contributed by atoms with Gasteiger partial charge in [0.2, 0.25) is 0 Å². The second kappa shape index (κ2) is 6.81. The summed E-state index contributed by atoms with van der Waals surface area (Å²) >= 11 is 0. The number of fused-ring (bicyclic) bond motifs is 1. The molecule has 2 aromatic carbocycles. The summed E-state index contributed by atoms with van der Waals surface area (Å²) in [5.41, 5.74) is 4.02. The van der Waals surface area contributed by atoms with Crippen LogP contribution in [0.2, 0.25) is 0 Å². The van der Waals surface area contributed by atoms with Gasteiger partial charge in [-0.2, -0.15) is 5.26 Å². The first-order chi connectivity index (χ1) is 13.2. The standard InChI is InChI=1S/C21H16N4O2/c1-26-19-6-4-14(11-20(19)27-2)17-7-8-23-21(25-17)18-10-15-9-13(12-22)3-5-16(15)24-18/h3-11,24H,1-2H3. The number of rotatable bonds is 4. The van der Waals surface area contributed by atoms with E-state index in [1.165, 1.54) is 0 Å². The van der Waals surface area contributed by atoms with Crippen LogP contribution in [0.15, 0.2) is 54.7 Å². The van der Waals surface area contributed by atoms with Gasteiger partial charge >= 0.3 is 0 Å². The molecule has 0 amide bonds. The van der Waals surface area contributed by atoms with E-state index in [1.807, 2.05) is 42.5 Å². The van der Waals surface area contributed by atoms with Crippen LogP contribution in [0.25, 0.3) is 33.7 Å². The van der Waals surface area contributed by atoms with Crippen molar-refractivity contribution in [1.29, 1.82) is 5.26 Å². The smallest absolute Gasteiger partial charge is 0.176 e. The normalized spacial score (nSPS) is 10.6.